The number of quaternary nitrogens is 1. The van der Waals surface area contributed by atoms with Crippen molar-refractivity contribution in [2.75, 3.05) is 12.0 Å². The van der Waals surface area contributed by atoms with Crippen molar-refractivity contribution < 1.29 is 19.4 Å². The molecular formula is C18H18N2O5. The number of urea groups is 1. The lowest BCUT2D eigenvalue weighted by atomic mass is 10.2. The number of carbonyl (C=O) groups is 2. The number of hydrogen-bond acceptors (Lipinski definition) is 4. The average molecular weight is 342 g/mol. The summed E-state index contributed by atoms with van der Waals surface area (Å²) in [5.41, 5.74) is 1.39. The Morgan fingerprint density at radius 3 is 2.48 bits per heavy atom. The molecule has 7 heteroatoms. The van der Waals surface area contributed by atoms with E-state index >= 15 is 0 Å². The molecule has 2 amide bonds. The van der Waals surface area contributed by atoms with Crippen LogP contribution in [0, 0.1) is 5.21 Å². The number of rotatable bonds is 5. The zero-order valence-electron chi connectivity index (χ0n) is 13.9. The zero-order chi connectivity index (χ0) is 18.2. The number of methoxy groups -OCH3 is 1. The largest absolute Gasteiger partial charge is 0.618 e. The lowest BCUT2D eigenvalue weighted by molar-refractivity contribution is -0.140. The third-order valence-corrected chi connectivity index (χ3v) is 4.45. The minimum Gasteiger partial charge on any atom is -0.618 e. The molecule has 0 radical (unpaired) electrons. The molecule has 2 aromatic rings. The van der Waals surface area contributed by atoms with E-state index in [1.807, 2.05) is 0 Å². The molecule has 25 heavy (non-hydrogen) atoms. The van der Waals surface area contributed by atoms with Crippen LogP contribution in [0.2, 0.25) is 0 Å². The van der Waals surface area contributed by atoms with E-state index in [1.54, 1.807) is 49.6 Å². The fraction of sp³-hybridized carbons (Fsp3) is 0.222. The van der Waals surface area contributed by atoms with Gasteiger partial charge < -0.3 is 15.1 Å². The number of nitrogens with zero attached hydrogens (tertiary/aromatic N) is 2. The molecule has 0 spiro atoms. The number of fused-ring (bicyclic) bond motifs is 1. The van der Waals surface area contributed by atoms with Gasteiger partial charge in [0.05, 0.1) is 13.7 Å². The topological polar surface area (TPSA) is 89.9 Å². The van der Waals surface area contributed by atoms with Crippen molar-refractivity contribution in [1.82, 2.24) is 4.65 Å². The molecular weight excluding hydrogens is 324 g/mol. The van der Waals surface area contributed by atoms with Gasteiger partial charge in [-0.25, -0.2) is 14.2 Å². The van der Waals surface area contributed by atoms with Gasteiger partial charge >= 0.3 is 12.0 Å². The van der Waals surface area contributed by atoms with Crippen molar-refractivity contribution in [2.24, 2.45) is 0 Å². The number of anilines is 1. The van der Waals surface area contributed by atoms with Gasteiger partial charge in [0, 0.05) is 13.0 Å². The number of carboxylic acid groups (broad SMARTS) is 1. The van der Waals surface area contributed by atoms with Crippen LogP contribution in [0.3, 0.4) is 0 Å². The fourth-order valence-electron chi connectivity index (χ4n) is 2.95. The van der Waals surface area contributed by atoms with Crippen LogP contribution >= 0.6 is 0 Å². The molecule has 3 rings (SSSR count). The maximum absolute atomic E-state index is 13.2. The number of hydroxylamine groups is 2. The van der Waals surface area contributed by atoms with E-state index < -0.39 is 22.7 Å². The standard InChI is InChI=1S/C18H18N2O5/c1-12(17(21)22)20(24)16-6-4-3-5-15(16)19(18(20)23)11-13-7-9-14(25-2)10-8-13/h3-10,12H,11H2,1-2H3,(H,21,22). The Hall–Kier alpha value is -2.90. The van der Waals surface area contributed by atoms with Gasteiger partial charge in [0.15, 0.2) is 11.7 Å². The highest BCUT2D eigenvalue weighted by Gasteiger charge is 2.51. The van der Waals surface area contributed by atoms with Gasteiger partial charge in [-0.2, -0.15) is 0 Å². The predicted molar refractivity (Wildman–Crippen MR) is 93.3 cm³/mol. The summed E-state index contributed by atoms with van der Waals surface area (Å²) in [5.74, 6) is -0.630. The van der Waals surface area contributed by atoms with Gasteiger partial charge in [0.25, 0.3) is 0 Å². The molecule has 7 nitrogen and oxygen atoms in total. The van der Waals surface area contributed by atoms with Crippen molar-refractivity contribution in [3.63, 3.8) is 0 Å². The number of hydrogen-bond donors (Lipinski definition) is 1. The molecule has 1 heterocycles. The van der Waals surface area contributed by atoms with E-state index in [4.69, 9.17) is 4.74 Å². The highest BCUT2D eigenvalue weighted by molar-refractivity contribution is 6.12. The Labute approximate surface area is 144 Å². The molecule has 0 saturated carbocycles. The Morgan fingerprint density at radius 1 is 1.24 bits per heavy atom. The number of aliphatic carboxylic acids is 1. The molecule has 2 unspecified atom stereocenters. The quantitative estimate of drug-likeness (QED) is 0.666. The van der Waals surface area contributed by atoms with Gasteiger partial charge in [-0.1, -0.05) is 24.3 Å². The van der Waals surface area contributed by atoms with E-state index in [1.165, 1.54) is 17.9 Å². The van der Waals surface area contributed by atoms with E-state index in [-0.39, 0.29) is 12.2 Å². The van der Waals surface area contributed by atoms with Crippen molar-refractivity contribution in [2.45, 2.75) is 19.5 Å². The smallest absolute Gasteiger partial charge is 0.429 e. The Kier molecular flexibility index (Phi) is 4.20. The number of carbonyl (C=O) groups excluding carboxylic acids is 1. The second kappa shape index (κ2) is 6.19. The normalized spacial score (nSPS) is 20.3. The third-order valence-electron chi connectivity index (χ3n) is 4.45. The first-order valence-corrected chi connectivity index (χ1v) is 7.76. The van der Waals surface area contributed by atoms with Crippen molar-refractivity contribution in [3.8, 4) is 5.75 Å². The SMILES string of the molecule is COc1ccc(CN2C(=O)[N+]([O-])(C(C)C(=O)O)c3ccccc32)cc1. The molecule has 0 bridgehead atoms. The number of para-hydroxylation sites is 2. The number of amides is 2. The predicted octanol–water partition coefficient (Wildman–Crippen LogP) is 3.11. The first kappa shape index (κ1) is 16.9. The molecule has 0 fully saturated rings. The van der Waals surface area contributed by atoms with Crippen LogP contribution in [0.25, 0.3) is 0 Å². The van der Waals surface area contributed by atoms with Crippen LogP contribution in [-0.4, -0.2) is 30.3 Å². The number of ether oxygens (including phenoxy) is 1. The maximum atomic E-state index is 13.2. The molecule has 0 aliphatic carbocycles. The second-order valence-corrected chi connectivity index (χ2v) is 5.88. The van der Waals surface area contributed by atoms with E-state index in [9.17, 15) is 19.9 Å². The molecule has 0 aromatic heterocycles. The van der Waals surface area contributed by atoms with E-state index in [0.717, 1.165) is 5.56 Å². The molecule has 1 aliphatic heterocycles. The minimum absolute atomic E-state index is 0.149. The maximum Gasteiger partial charge on any atom is 0.429 e. The fourth-order valence-corrected chi connectivity index (χ4v) is 2.95. The third kappa shape index (κ3) is 2.63. The molecule has 1 N–H and O–H groups in total. The first-order chi connectivity index (χ1) is 11.9. The molecule has 130 valence electrons. The van der Waals surface area contributed by atoms with Crippen molar-refractivity contribution in [1.29, 1.82) is 0 Å². The Balaban J connectivity index is 2.00. The Morgan fingerprint density at radius 2 is 1.88 bits per heavy atom. The summed E-state index contributed by atoms with van der Waals surface area (Å²) in [6.07, 6.45) is 0. The summed E-state index contributed by atoms with van der Waals surface area (Å²) in [7, 11) is 1.56. The van der Waals surface area contributed by atoms with E-state index in [2.05, 4.69) is 0 Å². The second-order valence-electron chi connectivity index (χ2n) is 5.88. The van der Waals surface area contributed by atoms with E-state index in [0.29, 0.717) is 11.4 Å². The first-order valence-electron chi connectivity index (χ1n) is 7.76. The lowest BCUT2D eigenvalue weighted by Crippen LogP contribution is -2.58. The van der Waals surface area contributed by atoms with Gasteiger partial charge in [-0.05, 0) is 23.8 Å². The van der Waals surface area contributed by atoms with Crippen molar-refractivity contribution in [3.05, 3.63) is 59.3 Å². The van der Waals surface area contributed by atoms with Crippen LogP contribution in [0.4, 0.5) is 16.2 Å². The van der Waals surface area contributed by atoms with Gasteiger partial charge in [0.1, 0.15) is 11.4 Å². The summed E-state index contributed by atoms with van der Waals surface area (Å²) in [4.78, 5) is 25.6. The van der Waals surface area contributed by atoms with Gasteiger partial charge in [-0.3, -0.25) is 4.90 Å². The van der Waals surface area contributed by atoms with Crippen LogP contribution in [0.5, 0.6) is 5.75 Å². The molecule has 2 aromatic carbocycles. The van der Waals surface area contributed by atoms with Gasteiger partial charge in [0.2, 0.25) is 0 Å². The van der Waals surface area contributed by atoms with Crippen molar-refractivity contribution >= 4 is 23.4 Å². The molecule has 2 atom stereocenters. The highest BCUT2D eigenvalue weighted by Crippen LogP contribution is 2.44. The summed E-state index contributed by atoms with van der Waals surface area (Å²) in [6, 6.07) is 11.4. The monoisotopic (exact) mass is 342 g/mol. The summed E-state index contributed by atoms with van der Waals surface area (Å²) in [6.45, 7) is 1.43. The van der Waals surface area contributed by atoms with Crippen LogP contribution < -0.4 is 14.3 Å². The summed E-state index contributed by atoms with van der Waals surface area (Å²) < 4.78 is 3.58. The number of carboxylic acids is 1. The zero-order valence-corrected chi connectivity index (χ0v) is 13.9. The van der Waals surface area contributed by atoms with Gasteiger partial charge in [-0.15, -0.1) is 0 Å². The highest BCUT2D eigenvalue weighted by atomic mass is 16.6. The minimum atomic E-state index is -1.53. The molecule has 1 aliphatic rings. The lowest BCUT2D eigenvalue weighted by Gasteiger charge is -2.37. The molecule has 0 saturated heterocycles. The summed E-state index contributed by atoms with van der Waals surface area (Å²) in [5, 5.41) is 22.5. The Bertz CT molecular complexity index is 820. The number of benzene rings is 2. The summed E-state index contributed by atoms with van der Waals surface area (Å²) >= 11 is 0. The van der Waals surface area contributed by atoms with Crippen LogP contribution in [-0.2, 0) is 11.3 Å². The van der Waals surface area contributed by atoms with Crippen LogP contribution in [0.15, 0.2) is 48.5 Å². The van der Waals surface area contributed by atoms with Crippen LogP contribution in [0.1, 0.15) is 12.5 Å². The average Bonchev–Trinajstić information content (AvgIpc) is 2.84.